The lowest BCUT2D eigenvalue weighted by molar-refractivity contribution is -0.303. The van der Waals surface area contributed by atoms with Crippen molar-refractivity contribution in [3.63, 3.8) is 0 Å². The van der Waals surface area contributed by atoms with E-state index >= 15 is 0 Å². The van der Waals surface area contributed by atoms with Gasteiger partial charge in [-0.05, 0) is 32.3 Å². The number of hydrogen-bond acceptors (Lipinski definition) is 9. The van der Waals surface area contributed by atoms with Crippen molar-refractivity contribution >= 4 is 0 Å². The van der Waals surface area contributed by atoms with Gasteiger partial charge in [-0.25, -0.2) is 0 Å². The average Bonchev–Trinajstić information content (AvgIpc) is 2.55. The molecule has 0 aromatic heterocycles. The third-order valence-electron chi connectivity index (χ3n) is 4.29. The molecule has 9 nitrogen and oxygen atoms in total. The number of aliphatic hydroxyl groups excluding tert-OH is 6. The molecule has 1 fully saturated rings. The summed E-state index contributed by atoms with van der Waals surface area (Å²) in [4.78, 5) is 0. The Morgan fingerprint density at radius 2 is 1.76 bits per heavy atom. The second-order valence-corrected chi connectivity index (χ2v) is 6.91. The molecular formula is C16H30O9. The van der Waals surface area contributed by atoms with Crippen LogP contribution in [0.15, 0.2) is 12.2 Å². The maximum Gasteiger partial charge on any atom is 0.186 e. The summed E-state index contributed by atoms with van der Waals surface area (Å²) in [6.07, 6.45) is -8.68. The van der Waals surface area contributed by atoms with Gasteiger partial charge < -0.3 is 45.2 Å². The second-order valence-electron chi connectivity index (χ2n) is 6.91. The summed E-state index contributed by atoms with van der Waals surface area (Å²) < 4.78 is 10.4. The number of hydrogen-bond donors (Lipinski definition) is 7. The standard InChI is InChI=1S/C16H30O9/c1-8(4-5-11(19)16(2,3)23)9(18)7-24-15-14(22)13(21)12(20)10(6-17)25-15/h9-15,17-23H,1,4-7H2,2-3H3/t9-,10-,11?,12-,13+,14-,15-/m1/s1. The summed E-state index contributed by atoms with van der Waals surface area (Å²) in [6, 6.07) is 0. The minimum Gasteiger partial charge on any atom is -0.394 e. The summed E-state index contributed by atoms with van der Waals surface area (Å²) in [5.74, 6) is 0. The van der Waals surface area contributed by atoms with Gasteiger partial charge in [-0.2, -0.15) is 0 Å². The minimum absolute atomic E-state index is 0.194. The van der Waals surface area contributed by atoms with Gasteiger partial charge in [0.25, 0.3) is 0 Å². The molecule has 1 aliphatic heterocycles. The highest BCUT2D eigenvalue weighted by molar-refractivity contribution is 5.02. The lowest BCUT2D eigenvalue weighted by Crippen LogP contribution is -2.59. The van der Waals surface area contributed by atoms with Gasteiger partial charge in [0, 0.05) is 0 Å². The van der Waals surface area contributed by atoms with Crippen molar-refractivity contribution in [1.82, 2.24) is 0 Å². The maximum absolute atomic E-state index is 10.0. The van der Waals surface area contributed by atoms with Crippen LogP contribution in [-0.2, 0) is 9.47 Å². The number of rotatable bonds is 9. The highest BCUT2D eigenvalue weighted by Crippen LogP contribution is 2.23. The van der Waals surface area contributed by atoms with Gasteiger partial charge in [0.1, 0.15) is 24.4 Å². The Balaban J connectivity index is 2.46. The lowest BCUT2D eigenvalue weighted by Gasteiger charge is -2.39. The molecule has 0 saturated carbocycles. The molecule has 1 unspecified atom stereocenters. The summed E-state index contributed by atoms with van der Waals surface area (Å²) in [5, 5.41) is 67.7. The van der Waals surface area contributed by atoms with Crippen molar-refractivity contribution in [2.75, 3.05) is 13.2 Å². The Labute approximate surface area is 146 Å². The van der Waals surface area contributed by atoms with E-state index in [9.17, 15) is 30.6 Å². The zero-order valence-electron chi connectivity index (χ0n) is 14.5. The van der Waals surface area contributed by atoms with Crippen molar-refractivity contribution in [1.29, 1.82) is 0 Å². The smallest absolute Gasteiger partial charge is 0.186 e. The molecule has 0 spiro atoms. The predicted octanol–water partition coefficient (Wildman–Crippen LogP) is -2.37. The van der Waals surface area contributed by atoms with E-state index in [4.69, 9.17) is 14.6 Å². The molecule has 7 atom stereocenters. The van der Waals surface area contributed by atoms with Crippen LogP contribution in [0.4, 0.5) is 0 Å². The molecule has 1 heterocycles. The van der Waals surface area contributed by atoms with Crippen LogP contribution in [-0.4, -0.2) is 97.5 Å². The molecule has 0 bridgehead atoms. The molecule has 7 N–H and O–H groups in total. The Morgan fingerprint density at radius 1 is 1.16 bits per heavy atom. The first-order chi connectivity index (χ1) is 11.5. The second kappa shape index (κ2) is 9.36. The lowest BCUT2D eigenvalue weighted by atomic mass is 9.94. The Bertz CT molecular complexity index is 420. The van der Waals surface area contributed by atoms with Gasteiger partial charge in [0.2, 0.25) is 0 Å². The van der Waals surface area contributed by atoms with E-state index in [2.05, 4.69) is 6.58 Å². The predicted molar refractivity (Wildman–Crippen MR) is 86.4 cm³/mol. The van der Waals surface area contributed by atoms with Crippen LogP contribution in [0.3, 0.4) is 0 Å². The molecule has 9 heteroatoms. The van der Waals surface area contributed by atoms with Gasteiger partial charge in [-0.15, -0.1) is 0 Å². The summed E-state index contributed by atoms with van der Waals surface area (Å²) in [6.45, 7) is 5.76. The molecule has 1 saturated heterocycles. The third-order valence-corrected chi connectivity index (χ3v) is 4.29. The number of aliphatic hydroxyl groups is 7. The minimum atomic E-state index is -1.56. The zero-order chi connectivity index (χ0) is 19.4. The highest BCUT2D eigenvalue weighted by atomic mass is 16.7. The maximum atomic E-state index is 10.0. The molecule has 0 amide bonds. The van der Waals surface area contributed by atoms with Gasteiger partial charge in [-0.3, -0.25) is 0 Å². The van der Waals surface area contributed by atoms with Gasteiger partial charge in [-0.1, -0.05) is 6.58 Å². The van der Waals surface area contributed by atoms with Crippen LogP contribution < -0.4 is 0 Å². The van der Waals surface area contributed by atoms with Crippen LogP contribution in [0.5, 0.6) is 0 Å². The monoisotopic (exact) mass is 366 g/mol. The molecule has 148 valence electrons. The van der Waals surface area contributed by atoms with Crippen LogP contribution >= 0.6 is 0 Å². The Kier molecular flexibility index (Phi) is 8.39. The van der Waals surface area contributed by atoms with E-state index in [1.807, 2.05) is 0 Å². The first-order valence-corrected chi connectivity index (χ1v) is 8.17. The largest absolute Gasteiger partial charge is 0.394 e. The van der Waals surface area contributed by atoms with Crippen molar-refractivity contribution < 1.29 is 45.2 Å². The van der Waals surface area contributed by atoms with Crippen molar-refractivity contribution in [3.8, 4) is 0 Å². The summed E-state index contributed by atoms with van der Waals surface area (Å²) >= 11 is 0. The van der Waals surface area contributed by atoms with Crippen LogP contribution in [0.1, 0.15) is 26.7 Å². The summed E-state index contributed by atoms with van der Waals surface area (Å²) in [7, 11) is 0. The molecule has 0 aromatic carbocycles. The van der Waals surface area contributed by atoms with E-state index in [0.29, 0.717) is 5.57 Å². The zero-order valence-corrected chi connectivity index (χ0v) is 14.5. The quantitative estimate of drug-likeness (QED) is 0.221. The summed E-state index contributed by atoms with van der Waals surface area (Å²) in [5.41, 5.74) is -0.911. The molecule has 0 aliphatic carbocycles. The van der Waals surface area contributed by atoms with E-state index in [1.54, 1.807) is 0 Å². The molecule has 0 aromatic rings. The molecule has 0 radical (unpaired) electrons. The molecule has 25 heavy (non-hydrogen) atoms. The van der Waals surface area contributed by atoms with Gasteiger partial charge in [0.05, 0.1) is 31.0 Å². The molecule has 1 rings (SSSR count). The first kappa shape index (κ1) is 22.4. The van der Waals surface area contributed by atoms with Gasteiger partial charge in [0.15, 0.2) is 6.29 Å². The SMILES string of the molecule is C=C(CCC(O)C(C)(C)O)[C@H](O)CO[C@@H]1O[C@H](CO)[C@@H](O)[C@H](O)[C@H]1O. The Morgan fingerprint density at radius 3 is 2.28 bits per heavy atom. The fraction of sp³-hybridized carbons (Fsp3) is 0.875. The molecular weight excluding hydrogens is 336 g/mol. The van der Waals surface area contributed by atoms with E-state index in [0.717, 1.165) is 0 Å². The van der Waals surface area contributed by atoms with Crippen molar-refractivity contribution in [3.05, 3.63) is 12.2 Å². The Hall–Kier alpha value is -0.620. The average molecular weight is 366 g/mol. The van der Waals surface area contributed by atoms with E-state index in [-0.39, 0.29) is 19.4 Å². The van der Waals surface area contributed by atoms with E-state index < -0.39 is 55.1 Å². The first-order valence-electron chi connectivity index (χ1n) is 8.17. The third kappa shape index (κ3) is 6.24. The van der Waals surface area contributed by atoms with Crippen LogP contribution in [0, 0.1) is 0 Å². The normalized spacial score (nSPS) is 33.1. The molecule has 1 aliphatic rings. The topological polar surface area (TPSA) is 160 Å². The van der Waals surface area contributed by atoms with Crippen molar-refractivity contribution in [2.45, 2.75) is 75.2 Å². The van der Waals surface area contributed by atoms with Gasteiger partial charge >= 0.3 is 0 Å². The van der Waals surface area contributed by atoms with Crippen LogP contribution in [0.2, 0.25) is 0 Å². The fourth-order valence-electron chi connectivity index (χ4n) is 2.35. The van der Waals surface area contributed by atoms with Crippen molar-refractivity contribution in [2.24, 2.45) is 0 Å². The van der Waals surface area contributed by atoms with Crippen LogP contribution in [0.25, 0.3) is 0 Å². The highest BCUT2D eigenvalue weighted by Gasteiger charge is 2.44. The fourth-order valence-corrected chi connectivity index (χ4v) is 2.35. The van der Waals surface area contributed by atoms with E-state index in [1.165, 1.54) is 13.8 Å². The number of ether oxygens (including phenoxy) is 2.